The zero-order valence-electron chi connectivity index (χ0n) is 59.1. The minimum Gasteiger partial charge on any atom is -0.309 e. The predicted octanol–water partition coefficient (Wildman–Crippen LogP) is 28.7. The molecule has 22 rings (SSSR count). The summed E-state index contributed by atoms with van der Waals surface area (Å²) < 4.78 is 7.89. The van der Waals surface area contributed by atoms with Crippen molar-refractivity contribution in [3.05, 3.63) is 317 Å². The second-order valence-corrected chi connectivity index (χ2v) is 32.8. The molecule has 15 aromatic carbocycles. The third-order valence-electron chi connectivity index (χ3n) is 24.7. The molecule has 18 aromatic rings. The van der Waals surface area contributed by atoms with Gasteiger partial charge in [-0.3, -0.25) is 0 Å². The molecule has 0 unspecified atom stereocenters. The maximum absolute atomic E-state index is 2.56. The van der Waals surface area contributed by atoms with Crippen LogP contribution in [-0.4, -0.2) is 4.57 Å². The fraction of sp³-hybridized carbons (Fsp3) is 0.157. The van der Waals surface area contributed by atoms with E-state index in [1.54, 1.807) is 0 Å². The van der Waals surface area contributed by atoms with Crippen LogP contribution in [0.4, 0.5) is 0 Å². The van der Waals surface area contributed by atoms with Crippen molar-refractivity contribution in [2.45, 2.75) is 103 Å². The van der Waals surface area contributed by atoms with Crippen molar-refractivity contribution in [1.29, 1.82) is 0 Å². The monoisotopic (exact) mass is 1380 g/mol. The van der Waals surface area contributed by atoms with Gasteiger partial charge in [-0.15, -0.1) is 22.7 Å². The molecule has 1 nitrogen and oxygen atoms in total. The van der Waals surface area contributed by atoms with Crippen LogP contribution in [-0.2, 0) is 51.4 Å². The minimum atomic E-state index is 1.14. The Morgan fingerprint density at radius 3 is 0.905 bits per heavy atom. The Morgan fingerprint density at radius 1 is 0.200 bits per heavy atom. The van der Waals surface area contributed by atoms with Crippen LogP contribution in [0.5, 0.6) is 0 Å². The van der Waals surface area contributed by atoms with Crippen molar-refractivity contribution in [1.82, 2.24) is 4.57 Å². The Labute approximate surface area is 621 Å². The molecule has 0 spiro atoms. The number of nitrogens with zero attached hydrogens (tertiary/aromatic N) is 1. The smallest absolute Gasteiger partial charge is 0.0541 e. The first kappa shape index (κ1) is 61.5. The third kappa shape index (κ3) is 10.3. The molecule has 0 aliphatic heterocycles. The first-order chi connectivity index (χ1) is 52.0. The number of rotatable bonds is 9. The summed E-state index contributed by atoms with van der Waals surface area (Å²) in [5, 5.41) is 12.9. The Bertz CT molecular complexity index is 6290. The summed E-state index contributed by atoms with van der Waals surface area (Å²) in [6, 6.07) is 108. The number of fused-ring (bicyclic) bond motifs is 15. The molecule has 3 heterocycles. The molecule has 3 heteroatoms. The van der Waals surface area contributed by atoms with E-state index in [0.717, 1.165) is 18.5 Å². The van der Waals surface area contributed by atoms with E-state index in [9.17, 15) is 0 Å². The summed E-state index contributed by atoms with van der Waals surface area (Å²) in [7, 11) is 0. The normalized spacial score (nSPS) is 14.4. The van der Waals surface area contributed by atoms with Gasteiger partial charge in [0.25, 0.3) is 0 Å². The number of aromatic nitrogens is 1. The lowest BCUT2D eigenvalue weighted by Gasteiger charge is -2.18. The third-order valence-corrected chi connectivity index (χ3v) is 27.1. The lowest BCUT2D eigenvalue weighted by Crippen LogP contribution is -2.02. The Kier molecular flexibility index (Phi) is 14.6. The van der Waals surface area contributed by atoms with Crippen molar-refractivity contribution >= 4 is 106 Å². The van der Waals surface area contributed by atoms with E-state index >= 15 is 0 Å². The van der Waals surface area contributed by atoms with Crippen LogP contribution in [0.25, 0.3) is 178 Å². The average molecular weight is 1380 g/mol. The molecule has 4 aliphatic rings. The lowest BCUT2D eigenvalue weighted by atomic mass is 9.86. The molecule has 0 bridgehead atoms. The summed E-state index contributed by atoms with van der Waals surface area (Å²) >= 11 is 3.92. The van der Waals surface area contributed by atoms with Crippen molar-refractivity contribution in [3.8, 4) is 94.7 Å². The molecule has 0 atom stereocenters. The van der Waals surface area contributed by atoms with Crippen LogP contribution in [0.3, 0.4) is 0 Å². The van der Waals surface area contributed by atoms with Crippen molar-refractivity contribution < 1.29 is 0 Å². The molecule has 0 radical (unpaired) electrons. The fourth-order valence-electron chi connectivity index (χ4n) is 19.3. The maximum atomic E-state index is 2.56. The molecule has 0 N–H and O–H groups in total. The van der Waals surface area contributed by atoms with Crippen LogP contribution in [0.2, 0.25) is 0 Å². The van der Waals surface area contributed by atoms with Crippen molar-refractivity contribution in [2.75, 3.05) is 0 Å². The highest BCUT2D eigenvalue weighted by Gasteiger charge is 2.25. The van der Waals surface area contributed by atoms with Gasteiger partial charge in [0, 0.05) is 67.9 Å². The van der Waals surface area contributed by atoms with Gasteiger partial charge in [-0.2, -0.15) is 0 Å². The van der Waals surface area contributed by atoms with E-state index in [4.69, 9.17) is 0 Å². The quantitative estimate of drug-likeness (QED) is 0.127. The van der Waals surface area contributed by atoms with Gasteiger partial charge in [-0.1, -0.05) is 188 Å². The van der Waals surface area contributed by atoms with Gasteiger partial charge in [-0.05, 0) is 332 Å². The molecular weight excluding hydrogens is 1300 g/mol. The molecule has 4 aliphatic carbocycles. The second-order valence-electron chi connectivity index (χ2n) is 30.7. The summed E-state index contributed by atoms with van der Waals surface area (Å²) in [6.45, 7) is 0. The highest BCUT2D eigenvalue weighted by Crippen LogP contribution is 2.51. The molecule has 502 valence electrons. The van der Waals surface area contributed by atoms with Gasteiger partial charge in [0.05, 0.1) is 11.0 Å². The summed E-state index contributed by atoms with van der Waals surface area (Å²) in [5.74, 6) is 0. The summed E-state index contributed by atoms with van der Waals surface area (Å²) in [5.41, 5.74) is 36.2. The summed E-state index contributed by atoms with van der Waals surface area (Å²) in [4.78, 5) is 0. The van der Waals surface area contributed by atoms with E-state index in [-0.39, 0.29) is 0 Å². The SMILES string of the molecule is c1ccc(-c2c3ccccc3c(-c3ccc(-n4c5ccc(-c6cc(-c7ccc8c(c7)CCCC8)cc7c6sc6ccc(-c8ccc9c(c8)CCCC9)cc67)cc5c5cc(-c6cc(-c7ccc8c(c7)CCCC8)cc7c6sc6ccc(-c8ccc9c(c8)CCCC9)cc67)ccc54)cc3)c3ccccc23)cc1. The molecule has 0 saturated heterocycles. The Hall–Kier alpha value is -10.9. The molecule has 0 amide bonds. The van der Waals surface area contributed by atoms with Crippen LogP contribution in [0, 0.1) is 0 Å². The Morgan fingerprint density at radius 2 is 0.505 bits per heavy atom. The van der Waals surface area contributed by atoms with E-state index in [1.165, 1.54) is 307 Å². The lowest BCUT2D eigenvalue weighted by molar-refractivity contribution is 0.686. The Balaban J connectivity index is 0.761. The van der Waals surface area contributed by atoms with Crippen LogP contribution >= 0.6 is 22.7 Å². The number of thiophene rings is 2. The molecule has 0 fully saturated rings. The van der Waals surface area contributed by atoms with Crippen LogP contribution in [0.1, 0.15) is 95.9 Å². The first-order valence-corrected chi connectivity index (χ1v) is 40.3. The second kappa shape index (κ2) is 24.9. The molecule has 105 heavy (non-hydrogen) atoms. The number of hydrogen-bond donors (Lipinski definition) is 0. The van der Waals surface area contributed by atoms with E-state index < -0.39 is 0 Å². The van der Waals surface area contributed by atoms with Crippen LogP contribution in [0.15, 0.2) is 273 Å². The van der Waals surface area contributed by atoms with E-state index in [2.05, 4.69) is 278 Å². The molecular formula is C102H77NS2. The number of aryl methyl sites for hydroxylation is 8. The highest BCUT2D eigenvalue weighted by atomic mass is 32.1. The molecule has 3 aromatic heterocycles. The first-order valence-electron chi connectivity index (χ1n) is 38.7. The fourth-order valence-corrected chi connectivity index (χ4v) is 21.7. The maximum Gasteiger partial charge on any atom is 0.0541 e. The van der Waals surface area contributed by atoms with Gasteiger partial charge in [0.2, 0.25) is 0 Å². The van der Waals surface area contributed by atoms with Gasteiger partial charge in [0.1, 0.15) is 0 Å². The van der Waals surface area contributed by atoms with Gasteiger partial charge in [0.15, 0.2) is 0 Å². The average Bonchev–Trinajstić information content (AvgIpc) is 1.70. The zero-order valence-corrected chi connectivity index (χ0v) is 60.7. The van der Waals surface area contributed by atoms with E-state index in [1.807, 2.05) is 22.7 Å². The minimum absolute atomic E-state index is 1.14. The predicted molar refractivity (Wildman–Crippen MR) is 452 cm³/mol. The van der Waals surface area contributed by atoms with Crippen LogP contribution < -0.4 is 0 Å². The molecule has 0 saturated carbocycles. The zero-order chi connectivity index (χ0) is 68.8. The summed E-state index contributed by atoms with van der Waals surface area (Å²) in [6.07, 6.45) is 19.6. The largest absolute Gasteiger partial charge is 0.309 e. The highest BCUT2D eigenvalue weighted by molar-refractivity contribution is 7.26. The van der Waals surface area contributed by atoms with E-state index in [0.29, 0.717) is 0 Å². The van der Waals surface area contributed by atoms with Gasteiger partial charge in [-0.25, -0.2) is 0 Å². The number of benzene rings is 15. The topological polar surface area (TPSA) is 4.93 Å². The number of hydrogen-bond acceptors (Lipinski definition) is 2. The van der Waals surface area contributed by atoms with Crippen molar-refractivity contribution in [2.24, 2.45) is 0 Å². The van der Waals surface area contributed by atoms with Crippen molar-refractivity contribution in [3.63, 3.8) is 0 Å². The van der Waals surface area contributed by atoms with Gasteiger partial charge >= 0.3 is 0 Å². The van der Waals surface area contributed by atoms with Gasteiger partial charge < -0.3 is 4.57 Å². The standard InChI is InChI=1S/C102H77NS2/c1-2-20-66(21-3-1)99-83-26-12-14-28-85(83)100(86-29-15-13-27-84(86)99)67-38-44-82(45-39-67)103-95-46-40-78(87-58-80(74-36-32-64-18-6-10-24-70(64)52-74)60-93-91-54-76(42-48-97(91)104-101(87)93)72-34-30-62-16-4-8-22-68(62)50-72)56-89(95)90-57-79(41-47-96(90)103)88-59-81(75-37-33-65-19-7-11-25-71(65)53-75)61-94-92-55-77(43-49-98(92)105-102(88)94)73-35-31-63-17-5-9-23-69(63)51-73/h1-3,12-15,20-21,26-61H,4-11,16-19,22-25H2.